The van der Waals surface area contributed by atoms with Gasteiger partial charge in [0, 0.05) is 32.6 Å². The van der Waals surface area contributed by atoms with Gasteiger partial charge in [0.2, 0.25) is 17.7 Å². The van der Waals surface area contributed by atoms with E-state index in [-0.39, 0.29) is 24.1 Å². The van der Waals surface area contributed by atoms with Crippen LogP contribution in [-0.4, -0.2) is 83.8 Å². The highest BCUT2D eigenvalue weighted by Gasteiger charge is 2.45. The highest BCUT2D eigenvalue weighted by atomic mass is 16.2. The van der Waals surface area contributed by atoms with Crippen molar-refractivity contribution in [1.82, 2.24) is 20.0 Å². The van der Waals surface area contributed by atoms with E-state index >= 15 is 0 Å². The molecule has 0 aromatic heterocycles. The van der Waals surface area contributed by atoms with Crippen LogP contribution in [0.2, 0.25) is 0 Å². The zero-order chi connectivity index (χ0) is 35.8. The Hall–Kier alpha value is -3.97. The van der Waals surface area contributed by atoms with Crippen molar-refractivity contribution in [2.45, 2.75) is 101 Å². The fourth-order valence-corrected chi connectivity index (χ4v) is 9.83. The van der Waals surface area contributed by atoms with Crippen molar-refractivity contribution >= 4 is 17.7 Å². The normalized spacial score (nSPS) is 22.1. The molecular formula is C45H58N4O3. The van der Waals surface area contributed by atoms with Crippen LogP contribution in [0.3, 0.4) is 0 Å². The molecule has 3 aliphatic heterocycles. The van der Waals surface area contributed by atoms with Gasteiger partial charge in [0.15, 0.2) is 0 Å². The number of likely N-dealkylation sites (tertiary alicyclic amines) is 3. The van der Waals surface area contributed by atoms with E-state index in [2.05, 4.69) is 46.6 Å². The maximum absolute atomic E-state index is 14.6. The van der Waals surface area contributed by atoms with Crippen molar-refractivity contribution in [3.8, 4) is 0 Å². The van der Waals surface area contributed by atoms with Gasteiger partial charge in [-0.1, -0.05) is 110 Å². The van der Waals surface area contributed by atoms with Crippen LogP contribution >= 0.6 is 0 Å². The molecule has 3 saturated heterocycles. The van der Waals surface area contributed by atoms with E-state index in [0.717, 1.165) is 41.9 Å². The first-order chi connectivity index (χ1) is 25.5. The van der Waals surface area contributed by atoms with Crippen LogP contribution in [0.15, 0.2) is 91.0 Å². The molecule has 4 aliphatic rings. The maximum Gasteiger partial charge on any atom is 0.246 e. The Morgan fingerprint density at radius 2 is 1.12 bits per heavy atom. The molecule has 3 amide bonds. The zero-order valence-electron chi connectivity index (χ0n) is 31.0. The largest absolute Gasteiger partial charge is 0.354 e. The third-order valence-electron chi connectivity index (χ3n) is 12.7. The van der Waals surface area contributed by atoms with Gasteiger partial charge in [0.05, 0.1) is 5.41 Å². The maximum atomic E-state index is 14.6. The van der Waals surface area contributed by atoms with Gasteiger partial charge in [-0.25, -0.2) is 0 Å². The lowest BCUT2D eigenvalue weighted by atomic mass is 9.67. The molecule has 3 aromatic rings. The lowest BCUT2D eigenvalue weighted by molar-refractivity contribution is -0.146. The molecule has 0 bridgehead atoms. The second-order valence-electron chi connectivity index (χ2n) is 15.9. The standard InChI is InChI=1S/C45H58N4O3/c50-42(33-45(37-17-7-2-8-18-37,38-19-9-3-10-20-38)39-21-11-4-12-22-39)48-29-14-24-41(48)44(52)49-30-13-23-40(49)43(51)46-28-25-35-26-31-47(32-27-35)34-36-15-5-1-6-16-36/h2-4,7-12,17-22,35-36,40-41H,1,5-6,13-16,23-34H2,(H,46,51)/t40?,41-/m0/s1. The molecule has 4 fully saturated rings. The van der Waals surface area contributed by atoms with E-state index in [1.54, 1.807) is 4.90 Å². The number of carbonyl (C=O) groups is 3. The average Bonchev–Trinajstić information content (AvgIpc) is 3.90. The van der Waals surface area contributed by atoms with Crippen molar-refractivity contribution in [3.63, 3.8) is 0 Å². The Morgan fingerprint density at radius 3 is 1.69 bits per heavy atom. The fraction of sp³-hybridized carbons (Fsp3) is 0.533. The third kappa shape index (κ3) is 8.15. The lowest BCUT2D eigenvalue weighted by Crippen LogP contribution is -2.53. The highest BCUT2D eigenvalue weighted by Crippen LogP contribution is 2.43. The predicted octanol–water partition coefficient (Wildman–Crippen LogP) is 7.19. The van der Waals surface area contributed by atoms with Crippen molar-refractivity contribution in [1.29, 1.82) is 0 Å². The smallest absolute Gasteiger partial charge is 0.246 e. The molecule has 2 atom stereocenters. The van der Waals surface area contributed by atoms with E-state index < -0.39 is 17.5 Å². The molecule has 0 radical (unpaired) electrons. The molecule has 1 aliphatic carbocycles. The van der Waals surface area contributed by atoms with Gasteiger partial charge in [-0.05, 0) is 99.4 Å². The van der Waals surface area contributed by atoms with Crippen molar-refractivity contribution in [2.24, 2.45) is 11.8 Å². The van der Waals surface area contributed by atoms with Crippen LogP contribution in [0.1, 0.15) is 100 Å². The molecular weight excluding hydrogens is 645 g/mol. The van der Waals surface area contributed by atoms with Gasteiger partial charge >= 0.3 is 0 Å². The van der Waals surface area contributed by atoms with Gasteiger partial charge in [-0.15, -0.1) is 0 Å². The van der Waals surface area contributed by atoms with E-state index in [1.165, 1.54) is 64.6 Å². The lowest BCUT2D eigenvalue weighted by Gasteiger charge is -2.38. The molecule has 52 heavy (non-hydrogen) atoms. The van der Waals surface area contributed by atoms with Crippen molar-refractivity contribution in [3.05, 3.63) is 108 Å². The average molecular weight is 703 g/mol. The molecule has 1 saturated carbocycles. The van der Waals surface area contributed by atoms with E-state index in [0.29, 0.717) is 38.4 Å². The summed E-state index contributed by atoms with van der Waals surface area (Å²) < 4.78 is 0. The van der Waals surface area contributed by atoms with Crippen LogP contribution in [0.4, 0.5) is 0 Å². The summed E-state index contributed by atoms with van der Waals surface area (Å²) in [6, 6.07) is 29.8. The molecule has 7 heteroatoms. The molecule has 7 rings (SSSR count). The minimum absolute atomic E-state index is 0.0302. The van der Waals surface area contributed by atoms with E-state index in [4.69, 9.17) is 0 Å². The SMILES string of the molecule is O=C(NCCC1CCN(CC2CCCCC2)CC1)C1CCCN1C(=O)[C@@H]1CCCN1C(=O)CC(c1ccccc1)(c1ccccc1)c1ccccc1. The number of hydrogen-bond acceptors (Lipinski definition) is 4. The van der Waals surface area contributed by atoms with Crippen LogP contribution in [-0.2, 0) is 19.8 Å². The van der Waals surface area contributed by atoms with E-state index in [9.17, 15) is 14.4 Å². The summed E-state index contributed by atoms with van der Waals surface area (Å²) in [4.78, 5) is 48.8. The summed E-state index contributed by atoms with van der Waals surface area (Å²) in [5.74, 6) is 1.41. The quantitative estimate of drug-likeness (QED) is 0.203. The molecule has 7 nitrogen and oxygen atoms in total. The number of hydrogen-bond donors (Lipinski definition) is 1. The second-order valence-corrected chi connectivity index (χ2v) is 15.9. The Labute approximate surface area is 311 Å². The summed E-state index contributed by atoms with van der Waals surface area (Å²) in [6.07, 6.45) is 13.5. The number of amides is 3. The van der Waals surface area contributed by atoms with Crippen LogP contribution in [0.25, 0.3) is 0 Å². The van der Waals surface area contributed by atoms with Crippen LogP contribution in [0, 0.1) is 11.8 Å². The molecule has 0 spiro atoms. The topological polar surface area (TPSA) is 73.0 Å². The van der Waals surface area contributed by atoms with Crippen molar-refractivity contribution in [2.75, 3.05) is 39.3 Å². The number of nitrogens with zero attached hydrogens (tertiary/aromatic N) is 3. The summed E-state index contributed by atoms with van der Waals surface area (Å²) in [7, 11) is 0. The Bertz CT molecular complexity index is 1500. The number of rotatable bonds is 12. The minimum Gasteiger partial charge on any atom is -0.354 e. The Morgan fingerprint density at radius 1 is 0.577 bits per heavy atom. The van der Waals surface area contributed by atoms with Gasteiger partial charge in [-0.2, -0.15) is 0 Å². The van der Waals surface area contributed by atoms with Gasteiger partial charge in [-0.3, -0.25) is 14.4 Å². The van der Waals surface area contributed by atoms with Gasteiger partial charge < -0.3 is 20.0 Å². The first-order valence-electron chi connectivity index (χ1n) is 20.3. The Balaban J connectivity index is 0.982. The number of piperidine rings is 1. The second kappa shape index (κ2) is 17.2. The number of benzene rings is 3. The number of nitrogens with one attached hydrogen (secondary N) is 1. The first-order valence-corrected chi connectivity index (χ1v) is 20.3. The molecule has 1 N–H and O–H groups in total. The minimum atomic E-state index is -0.723. The van der Waals surface area contributed by atoms with Crippen molar-refractivity contribution < 1.29 is 14.4 Å². The van der Waals surface area contributed by atoms with Gasteiger partial charge in [0.1, 0.15) is 12.1 Å². The molecule has 3 heterocycles. The summed E-state index contributed by atoms with van der Waals surface area (Å²) in [5, 5.41) is 3.22. The summed E-state index contributed by atoms with van der Waals surface area (Å²) in [6.45, 7) is 5.41. The van der Waals surface area contributed by atoms with Gasteiger partial charge in [0.25, 0.3) is 0 Å². The van der Waals surface area contributed by atoms with E-state index in [1.807, 2.05) is 59.5 Å². The summed E-state index contributed by atoms with van der Waals surface area (Å²) >= 11 is 0. The molecule has 276 valence electrons. The van der Waals surface area contributed by atoms with Crippen LogP contribution in [0.5, 0.6) is 0 Å². The first kappa shape index (κ1) is 36.4. The third-order valence-corrected chi connectivity index (χ3v) is 12.7. The highest BCUT2D eigenvalue weighted by molar-refractivity contribution is 5.93. The molecule has 3 aromatic carbocycles. The monoisotopic (exact) mass is 702 g/mol. The molecule has 1 unspecified atom stereocenters. The Kier molecular flexibility index (Phi) is 12.1. The van der Waals surface area contributed by atoms with Crippen LogP contribution < -0.4 is 5.32 Å². The zero-order valence-corrected chi connectivity index (χ0v) is 31.0. The summed E-state index contributed by atoms with van der Waals surface area (Å²) in [5.41, 5.74) is 2.41. The fourth-order valence-electron chi connectivity index (χ4n) is 9.83. The predicted molar refractivity (Wildman–Crippen MR) is 207 cm³/mol. The number of carbonyl (C=O) groups excluding carboxylic acids is 3.